The lowest BCUT2D eigenvalue weighted by Gasteiger charge is -2.03. The van der Waals surface area contributed by atoms with E-state index in [1.165, 1.54) is 0 Å². The fraction of sp³-hybridized carbons (Fsp3) is 0.105. The van der Waals surface area contributed by atoms with E-state index < -0.39 is 0 Å². The van der Waals surface area contributed by atoms with Crippen LogP contribution in [0.5, 0.6) is 5.75 Å². The van der Waals surface area contributed by atoms with Crippen LogP contribution in [0.4, 0.5) is 0 Å². The van der Waals surface area contributed by atoms with Crippen molar-refractivity contribution < 1.29 is 13.6 Å². The summed E-state index contributed by atoms with van der Waals surface area (Å²) in [5.74, 6) is 2.20. The van der Waals surface area contributed by atoms with Crippen LogP contribution in [0.15, 0.2) is 69.7 Å². The van der Waals surface area contributed by atoms with Crippen molar-refractivity contribution in [2.24, 2.45) is 0 Å². The average Bonchev–Trinajstić information content (AvgIpc) is 3.24. The first-order valence-corrected chi connectivity index (χ1v) is 7.51. The van der Waals surface area contributed by atoms with Crippen molar-refractivity contribution in [3.63, 3.8) is 0 Å². The van der Waals surface area contributed by atoms with Gasteiger partial charge in [-0.05, 0) is 55.5 Å². The van der Waals surface area contributed by atoms with Gasteiger partial charge in [0.15, 0.2) is 5.58 Å². The Labute approximate surface area is 133 Å². The predicted octanol–water partition coefficient (Wildman–Crippen LogP) is 5.15. The molecule has 0 saturated carbocycles. The van der Waals surface area contributed by atoms with Crippen LogP contribution in [0.25, 0.3) is 33.9 Å². The maximum Gasteiger partial charge on any atom is 0.227 e. The Hall–Kier alpha value is -3.01. The zero-order valence-electron chi connectivity index (χ0n) is 12.7. The molecule has 4 heteroatoms. The van der Waals surface area contributed by atoms with Gasteiger partial charge in [0.2, 0.25) is 5.89 Å². The minimum Gasteiger partial charge on any atom is -0.494 e. The molecule has 0 N–H and O–H groups in total. The summed E-state index contributed by atoms with van der Waals surface area (Å²) in [7, 11) is 0. The summed E-state index contributed by atoms with van der Waals surface area (Å²) < 4.78 is 16.9. The summed E-state index contributed by atoms with van der Waals surface area (Å²) in [5.41, 5.74) is 3.41. The number of ether oxygens (including phenoxy) is 1. The molecule has 0 aliphatic rings. The summed E-state index contributed by atoms with van der Waals surface area (Å²) in [6.45, 7) is 2.59. The first-order valence-electron chi connectivity index (χ1n) is 7.51. The van der Waals surface area contributed by atoms with E-state index in [9.17, 15) is 0 Å². The first kappa shape index (κ1) is 13.6. The molecule has 4 aromatic rings. The number of oxazole rings is 1. The van der Waals surface area contributed by atoms with Gasteiger partial charge in [0.05, 0.1) is 12.9 Å². The SMILES string of the molecule is CCOc1cccc(-c2nc3ccc(-c4ccco4)cc3o2)c1. The van der Waals surface area contributed by atoms with E-state index >= 15 is 0 Å². The number of hydrogen-bond donors (Lipinski definition) is 0. The van der Waals surface area contributed by atoms with Gasteiger partial charge in [0.1, 0.15) is 17.0 Å². The molecule has 4 rings (SSSR count). The van der Waals surface area contributed by atoms with Gasteiger partial charge in [-0.15, -0.1) is 0 Å². The minimum atomic E-state index is 0.582. The molecule has 0 aliphatic heterocycles. The van der Waals surface area contributed by atoms with Gasteiger partial charge in [-0.1, -0.05) is 6.07 Å². The quantitative estimate of drug-likeness (QED) is 0.523. The molecular formula is C19H15NO3. The van der Waals surface area contributed by atoms with E-state index in [1.54, 1.807) is 6.26 Å². The highest BCUT2D eigenvalue weighted by Gasteiger charge is 2.11. The molecule has 114 valence electrons. The lowest BCUT2D eigenvalue weighted by molar-refractivity contribution is 0.340. The van der Waals surface area contributed by atoms with Gasteiger partial charge in [-0.3, -0.25) is 0 Å². The van der Waals surface area contributed by atoms with Crippen molar-refractivity contribution in [3.05, 3.63) is 60.9 Å². The number of rotatable bonds is 4. The summed E-state index contributed by atoms with van der Waals surface area (Å²) in [5, 5.41) is 0. The summed E-state index contributed by atoms with van der Waals surface area (Å²) in [4.78, 5) is 4.55. The van der Waals surface area contributed by atoms with Crippen molar-refractivity contribution in [2.75, 3.05) is 6.61 Å². The van der Waals surface area contributed by atoms with Crippen molar-refractivity contribution in [1.29, 1.82) is 0 Å². The lowest BCUT2D eigenvalue weighted by atomic mass is 10.1. The van der Waals surface area contributed by atoms with Gasteiger partial charge < -0.3 is 13.6 Å². The van der Waals surface area contributed by atoms with Gasteiger partial charge in [-0.2, -0.15) is 0 Å². The number of hydrogen-bond acceptors (Lipinski definition) is 4. The van der Waals surface area contributed by atoms with Gasteiger partial charge in [0.25, 0.3) is 0 Å². The van der Waals surface area contributed by atoms with Crippen LogP contribution in [0.3, 0.4) is 0 Å². The highest BCUT2D eigenvalue weighted by molar-refractivity contribution is 5.81. The molecule has 0 fully saturated rings. The lowest BCUT2D eigenvalue weighted by Crippen LogP contribution is -1.91. The topological polar surface area (TPSA) is 48.4 Å². The van der Waals surface area contributed by atoms with E-state index in [2.05, 4.69) is 4.98 Å². The molecule has 0 unspecified atom stereocenters. The molecule has 0 saturated heterocycles. The Balaban J connectivity index is 1.75. The summed E-state index contributed by atoms with van der Waals surface area (Å²) >= 11 is 0. The van der Waals surface area contributed by atoms with Crippen molar-refractivity contribution in [3.8, 4) is 28.5 Å². The molecule has 23 heavy (non-hydrogen) atoms. The molecule has 0 spiro atoms. The minimum absolute atomic E-state index is 0.582. The van der Waals surface area contributed by atoms with E-state index in [1.807, 2.05) is 61.5 Å². The van der Waals surface area contributed by atoms with E-state index in [-0.39, 0.29) is 0 Å². The fourth-order valence-electron chi connectivity index (χ4n) is 2.53. The second-order valence-electron chi connectivity index (χ2n) is 5.14. The van der Waals surface area contributed by atoms with Crippen LogP contribution in [0, 0.1) is 0 Å². The monoisotopic (exact) mass is 305 g/mol. The smallest absolute Gasteiger partial charge is 0.227 e. The van der Waals surface area contributed by atoms with Gasteiger partial charge >= 0.3 is 0 Å². The molecule has 0 radical (unpaired) electrons. The largest absolute Gasteiger partial charge is 0.494 e. The second-order valence-corrected chi connectivity index (χ2v) is 5.14. The molecular weight excluding hydrogens is 290 g/mol. The van der Waals surface area contributed by atoms with Crippen LogP contribution < -0.4 is 4.74 Å². The number of furan rings is 1. The molecule has 2 heterocycles. The molecule has 0 bridgehead atoms. The van der Waals surface area contributed by atoms with Crippen molar-refractivity contribution >= 4 is 11.1 Å². The van der Waals surface area contributed by atoms with Crippen molar-refractivity contribution in [2.45, 2.75) is 6.92 Å². The standard InChI is InChI=1S/C19H15NO3/c1-2-21-15-6-3-5-14(11-15)19-20-16-9-8-13(12-18(16)23-19)17-7-4-10-22-17/h3-12H,2H2,1H3. The molecule has 2 aromatic carbocycles. The Morgan fingerprint density at radius 3 is 2.78 bits per heavy atom. The van der Waals surface area contributed by atoms with Crippen LogP contribution >= 0.6 is 0 Å². The predicted molar refractivity (Wildman–Crippen MR) is 88.3 cm³/mol. The third kappa shape index (κ3) is 2.59. The average molecular weight is 305 g/mol. The number of fused-ring (bicyclic) bond motifs is 1. The molecule has 0 aliphatic carbocycles. The van der Waals surface area contributed by atoms with Crippen LogP contribution in [0.1, 0.15) is 6.92 Å². The zero-order valence-corrected chi connectivity index (χ0v) is 12.7. The maximum absolute atomic E-state index is 5.92. The Kier molecular flexibility index (Phi) is 3.35. The Bertz CT molecular complexity index is 938. The fourth-order valence-corrected chi connectivity index (χ4v) is 2.53. The highest BCUT2D eigenvalue weighted by atomic mass is 16.5. The molecule has 4 nitrogen and oxygen atoms in total. The van der Waals surface area contributed by atoms with Gasteiger partial charge in [0, 0.05) is 11.1 Å². The van der Waals surface area contributed by atoms with E-state index in [0.717, 1.165) is 33.7 Å². The third-order valence-corrected chi connectivity index (χ3v) is 3.59. The zero-order chi connectivity index (χ0) is 15.6. The maximum atomic E-state index is 5.92. The Morgan fingerprint density at radius 2 is 1.96 bits per heavy atom. The summed E-state index contributed by atoms with van der Waals surface area (Å²) in [6, 6.07) is 17.4. The molecule has 0 atom stereocenters. The normalized spacial score (nSPS) is 11.0. The molecule has 0 amide bonds. The van der Waals surface area contributed by atoms with Crippen LogP contribution in [-0.4, -0.2) is 11.6 Å². The van der Waals surface area contributed by atoms with E-state index in [0.29, 0.717) is 12.5 Å². The number of aromatic nitrogens is 1. The Morgan fingerprint density at radius 1 is 1.00 bits per heavy atom. The van der Waals surface area contributed by atoms with E-state index in [4.69, 9.17) is 13.6 Å². The third-order valence-electron chi connectivity index (χ3n) is 3.59. The number of nitrogens with zero attached hydrogens (tertiary/aromatic N) is 1. The van der Waals surface area contributed by atoms with Crippen LogP contribution in [0.2, 0.25) is 0 Å². The number of benzene rings is 2. The molecule has 2 aromatic heterocycles. The van der Waals surface area contributed by atoms with Crippen LogP contribution in [-0.2, 0) is 0 Å². The second kappa shape index (κ2) is 5.65. The van der Waals surface area contributed by atoms with Gasteiger partial charge in [-0.25, -0.2) is 4.98 Å². The van der Waals surface area contributed by atoms with Crippen molar-refractivity contribution in [1.82, 2.24) is 4.98 Å². The first-order chi connectivity index (χ1) is 11.3. The summed E-state index contributed by atoms with van der Waals surface area (Å²) in [6.07, 6.45) is 1.66. The highest BCUT2D eigenvalue weighted by Crippen LogP contribution is 2.30.